The average molecular weight is 342 g/mol. The summed E-state index contributed by atoms with van der Waals surface area (Å²) < 4.78 is 19.7. The molecule has 25 heavy (non-hydrogen) atoms. The molecule has 4 rings (SSSR count). The van der Waals surface area contributed by atoms with Crippen LogP contribution in [-0.2, 0) is 13.0 Å². The van der Waals surface area contributed by atoms with Crippen molar-refractivity contribution in [3.8, 4) is 0 Å². The first-order valence-corrected chi connectivity index (χ1v) is 7.87. The van der Waals surface area contributed by atoms with Gasteiger partial charge in [-0.2, -0.15) is 0 Å². The Labute approximate surface area is 141 Å². The fourth-order valence-electron chi connectivity index (χ4n) is 3.19. The number of amides is 1. The second-order valence-corrected chi connectivity index (χ2v) is 6.09. The van der Waals surface area contributed by atoms with Gasteiger partial charge in [0.25, 0.3) is 11.5 Å². The maximum Gasteiger partial charge on any atom is 0.263 e. The molecule has 3 aromatic rings. The van der Waals surface area contributed by atoms with E-state index in [1.54, 1.807) is 18.7 Å². The highest BCUT2D eigenvalue weighted by atomic mass is 19.1. The van der Waals surface area contributed by atoms with Crippen LogP contribution in [0.25, 0.3) is 5.65 Å². The summed E-state index contributed by atoms with van der Waals surface area (Å²) in [4.78, 5) is 31.5. The Balaban J connectivity index is 1.76. The van der Waals surface area contributed by atoms with E-state index in [9.17, 15) is 14.0 Å². The highest BCUT2D eigenvalue weighted by molar-refractivity contribution is 5.96. The Morgan fingerprint density at radius 3 is 2.84 bits per heavy atom. The molecule has 7 nitrogen and oxygen atoms in total. The number of hydrogen-bond donors (Lipinski definition) is 0. The Kier molecular flexibility index (Phi) is 3.41. The molecule has 3 aromatic heterocycles. The molecule has 0 saturated heterocycles. The lowest BCUT2D eigenvalue weighted by atomic mass is 10.0. The van der Waals surface area contributed by atoms with Crippen molar-refractivity contribution in [1.29, 1.82) is 0 Å². The van der Waals surface area contributed by atoms with Crippen LogP contribution in [0.4, 0.5) is 4.39 Å². The van der Waals surface area contributed by atoms with Gasteiger partial charge in [-0.05, 0) is 26.0 Å². The first-order chi connectivity index (χ1) is 12.0. The van der Waals surface area contributed by atoms with Crippen molar-refractivity contribution < 1.29 is 13.7 Å². The van der Waals surface area contributed by atoms with Gasteiger partial charge >= 0.3 is 0 Å². The van der Waals surface area contributed by atoms with E-state index in [1.807, 2.05) is 0 Å². The second kappa shape index (κ2) is 5.51. The summed E-state index contributed by atoms with van der Waals surface area (Å²) >= 11 is 0. The molecule has 0 spiro atoms. The van der Waals surface area contributed by atoms with Crippen LogP contribution in [0.15, 0.2) is 27.6 Å². The van der Waals surface area contributed by atoms with Crippen molar-refractivity contribution in [1.82, 2.24) is 19.4 Å². The number of aromatic nitrogens is 3. The molecule has 0 atom stereocenters. The zero-order valence-electron chi connectivity index (χ0n) is 13.7. The zero-order valence-corrected chi connectivity index (χ0v) is 13.7. The van der Waals surface area contributed by atoms with E-state index < -0.39 is 5.82 Å². The van der Waals surface area contributed by atoms with E-state index in [2.05, 4.69) is 10.1 Å². The van der Waals surface area contributed by atoms with Crippen molar-refractivity contribution >= 4 is 11.6 Å². The molecular formula is C17H15FN4O3. The van der Waals surface area contributed by atoms with E-state index in [-0.39, 0.29) is 18.0 Å². The summed E-state index contributed by atoms with van der Waals surface area (Å²) in [6.45, 7) is 3.95. The molecule has 4 heterocycles. The quantitative estimate of drug-likeness (QED) is 0.671. The SMILES string of the molecule is Cc1noc(C)c1C(=O)N1CCc2nc3ccc(F)cn3c(=O)c2C1. The van der Waals surface area contributed by atoms with Crippen LogP contribution in [-0.4, -0.2) is 31.9 Å². The number of halogens is 1. The second-order valence-electron chi connectivity index (χ2n) is 6.09. The molecule has 1 aliphatic rings. The number of aryl methyl sites for hydroxylation is 2. The van der Waals surface area contributed by atoms with Gasteiger partial charge in [-0.15, -0.1) is 0 Å². The van der Waals surface area contributed by atoms with Gasteiger partial charge in [0.15, 0.2) is 0 Å². The number of nitrogens with zero attached hydrogens (tertiary/aromatic N) is 4. The van der Waals surface area contributed by atoms with Crippen LogP contribution in [0.3, 0.4) is 0 Å². The Morgan fingerprint density at radius 1 is 1.32 bits per heavy atom. The summed E-state index contributed by atoms with van der Waals surface area (Å²) in [6, 6.07) is 2.74. The minimum absolute atomic E-state index is 0.128. The summed E-state index contributed by atoms with van der Waals surface area (Å²) in [7, 11) is 0. The van der Waals surface area contributed by atoms with Gasteiger partial charge in [0.2, 0.25) is 0 Å². The summed E-state index contributed by atoms with van der Waals surface area (Å²) in [5.74, 6) is -0.301. The highest BCUT2D eigenvalue weighted by Crippen LogP contribution is 2.21. The predicted octanol–water partition coefficient (Wildman–Crippen LogP) is 1.64. The third kappa shape index (κ3) is 2.41. The fourth-order valence-corrected chi connectivity index (χ4v) is 3.19. The first kappa shape index (κ1) is 15.5. The third-order valence-electron chi connectivity index (χ3n) is 4.47. The first-order valence-electron chi connectivity index (χ1n) is 7.87. The van der Waals surface area contributed by atoms with Crippen molar-refractivity contribution in [2.45, 2.75) is 26.8 Å². The molecule has 0 aliphatic carbocycles. The number of pyridine rings is 1. The summed E-state index contributed by atoms with van der Waals surface area (Å²) in [5, 5.41) is 3.80. The molecule has 0 N–H and O–H groups in total. The highest BCUT2D eigenvalue weighted by Gasteiger charge is 2.29. The summed E-state index contributed by atoms with van der Waals surface area (Å²) in [5.41, 5.74) is 2.05. The average Bonchev–Trinajstić information content (AvgIpc) is 2.93. The Hall–Kier alpha value is -3.03. The number of carbonyl (C=O) groups excluding carboxylic acids is 1. The maximum absolute atomic E-state index is 13.5. The largest absolute Gasteiger partial charge is 0.361 e. The molecule has 0 unspecified atom stereocenters. The van der Waals surface area contributed by atoms with Crippen LogP contribution in [0, 0.1) is 19.7 Å². The number of carbonyl (C=O) groups is 1. The standard InChI is InChI=1S/C17H15FN4O3/c1-9-15(10(2)25-20-9)17(24)21-6-5-13-12(8-21)16(23)22-7-11(18)3-4-14(22)19-13/h3-4,7H,5-6,8H2,1-2H3. The topological polar surface area (TPSA) is 80.7 Å². The van der Waals surface area contributed by atoms with Gasteiger partial charge in [-0.3, -0.25) is 14.0 Å². The number of rotatable bonds is 1. The number of fused-ring (bicyclic) bond motifs is 2. The van der Waals surface area contributed by atoms with Gasteiger partial charge in [0.1, 0.15) is 22.8 Å². The van der Waals surface area contributed by atoms with E-state index in [4.69, 9.17) is 4.52 Å². The number of hydrogen-bond acceptors (Lipinski definition) is 5. The van der Waals surface area contributed by atoms with Crippen molar-refractivity contribution in [3.05, 3.63) is 62.8 Å². The van der Waals surface area contributed by atoms with Crippen molar-refractivity contribution in [2.24, 2.45) is 0 Å². The molecule has 0 fully saturated rings. The van der Waals surface area contributed by atoms with Crippen LogP contribution in [0.5, 0.6) is 0 Å². The van der Waals surface area contributed by atoms with Gasteiger partial charge in [-0.1, -0.05) is 5.16 Å². The molecule has 1 amide bonds. The van der Waals surface area contributed by atoms with Gasteiger partial charge < -0.3 is 9.42 Å². The van der Waals surface area contributed by atoms with Crippen LogP contribution >= 0.6 is 0 Å². The normalized spacial score (nSPS) is 14.0. The maximum atomic E-state index is 13.5. The molecule has 0 saturated carbocycles. The van der Waals surface area contributed by atoms with Crippen LogP contribution in [0.1, 0.15) is 33.1 Å². The van der Waals surface area contributed by atoms with Crippen LogP contribution < -0.4 is 5.56 Å². The smallest absolute Gasteiger partial charge is 0.263 e. The summed E-state index contributed by atoms with van der Waals surface area (Å²) in [6.07, 6.45) is 1.58. The molecule has 0 radical (unpaired) electrons. The van der Waals surface area contributed by atoms with E-state index >= 15 is 0 Å². The Morgan fingerprint density at radius 2 is 2.12 bits per heavy atom. The molecule has 1 aliphatic heterocycles. The fraction of sp³-hybridized carbons (Fsp3) is 0.294. The lowest BCUT2D eigenvalue weighted by molar-refractivity contribution is 0.0730. The molecule has 128 valence electrons. The van der Waals surface area contributed by atoms with Crippen molar-refractivity contribution in [2.75, 3.05) is 6.54 Å². The minimum Gasteiger partial charge on any atom is -0.361 e. The minimum atomic E-state index is -0.518. The van der Waals surface area contributed by atoms with Crippen molar-refractivity contribution in [3.63, 3.8) is 0 Å². The zero-order chi connectivity index (χ0) is 17.7. The lowest BCUT2D eigenvalue weighted by Crippen LogP contribution is -2.40. The van der Waals surface area contributed by atoms with E-state index in [0.717, 1.165) is 6.20 Å². The molecule has 0 aromatic carbocycles. The lowest BCUT2D eigenvalue weighted by Gasteiger charge is -2.28. The van der Waals surface area contributed by atoms with E-state index in [0.29, 0.717) is 46.9 Å². The molecular weight excluding hydrogens is 327 g/mol. The van der Waals surface area contributed by atoms with Gasteiger partial charge in [0, 0.05) is 19.2 Å². The van der Waals surface area contributed by atoms with Gasteiger partial charge in [0.05, 0.1) is 23.5 Å². The monoisotopic (exact) mass is 342 g/mol. The molecule has 0 bridgehead atoms. The molecule has 8 heteroatoms. The predicted molar refractivity (Wildman–Crippen MR) is 85.8 cm³/mol. The Bertz CT molecular complexity index is 1050. The van der Waals surface area contributed by atoms with Gasteiger partial charge in [-0.25, -0.2) is 9.37 Å². The van der Waals surface area contributed by atoms with Crippen LogP contribution in [0.2, 0.25) is 0 Å². The third-order valence-corrected chi connectivity index (χ3v) is 4.47. The van der Waals surface area contributed by atoms with E-state index in [1.165, 1.54) is 16.5 Å².